The van der Waals surface area contributed by atoms with Crippen molar-refractivity contribution in [1.29, 1.82) is 0 Å². The number of carbonyl (C=O) groups is 1. The molecule has 0 bridgehead atoms. The Hall–Kier alpha value is -3.28. The Morgan fingerprint density at radius 3 is 2.27 bits per heavy atom. The number of sulfonamides is 1. The number of ether oxygens (including phenoxy) is 2. The van der Waals surface area contributed by atoms with Crippen LogP contribution in [-0.4, -0.2) is 45.9 Å². The first-order chi connectivity index (χ1) is 17.5. The standard InChI is InChI=1S/C25H24ClF3N2O5S/c1-35-22-11-9-19(15-23(22)36-2)37(33,34)31(13-12-17-6-4-3-5-7-17)16-24(32)30-21-10-8-18(26)14-20(21)25(27,28)29/h3-11,14-15H,12-13,16H2,1-2H3,(H,30,32). The van der Waals surface area contributed by atoms with E-state index in [4.69, 9.17) is 21.1 Å². The lowest BCUT2D eigenvalue weighted by Crippen LogP contribution is -2.39. The van der Waals surface area contributed by atoms with Gasteiger partial charge in [-0.25, -0.2) is 8.42 Å². The number of amides is 1. The smallest absolute Gasteiger partial charge is 0.418 e. The van der Waals surface area contributed by atoms with Crippen molar-refractivity contribution < 1.29 is 35.9 Å². The maximum Gasteiger partial charge on any atom is 0.418 e. The van der Waals surface area contributed by atoms with Crippen molar-refractivity contribution in [3.05, 3.63) is 82.9 Å². The molecule has 0 aliphatic carbocycles. The lowest BCUT2D eigenvalue weighted by Gasteiger charge is -2.23. The zero-order chi connectivity index (χ0) is 27.2. The summed E-state index contributed by atoms with van der Waals surface area (Å²) in [6.07, 6.45) is -4.53. The molecule has 1 amide bonds. The SMILES string of the molecule is COc1ccc(S(=O)(=O)N(CCc2ccccc2)CC(=O)Nc2ccc(Cl)cc2C(F)(F)F)cc1OC. The van der Waals surface area contributed by atoms with Gasteiger partial charge in [0.1, 0.15) is 0 Å². The summed E-state index contributed by atoms with van der Waals surface area (Å²) in [7, 11) is -1.52. The first-order valence-electron chi connectivity index (χ1n) is 10.9. The molecular weight excluding hydrogens is 533 g/mol. The minimum Gasteiger partial charge on any atom is -0.493 e. The van der Waals surface area contributed by atoms with Crippen molar-refractivity contribution in [3.8, 4) is 11.5 Å². The van der Waals surface area contributed by atoms with Gasteiger partial charge in [-0.05, 0) is 42.3 Å². The van der Waals surface area contributed by atoms with Crippen LogP contribution >= 0.6 is 11.6 Å². The maximum absolute atomic E-state index is 13.5. The summed E-state index contributed by atoms with van der Waals surface area (Å²) in [5.41, 5.74) is -0.868. The molecule has 37 heavy (non-hydrogen) atoms. The summed E-state index contributed by atoms with van der Waals surface area (Å²) < 4.78 is 78.7. The molecule has 0 spiro atoms. The molecule has 12 heteroatoms. The third kappa shape index (κ3) is 7.15. The second-order valence-electron chi connectivity index (χ2n) is 7.83. The van der Waals surface area contributed by atoms with E-state index in [9.17, 15) is 26.4 Å². The van der Waals surface area contributed by atoms with E-state index >= 15 is 0 Å². The van der Waals surface area contributed by atoms with Crippen LogP contribution in [0.2, 0.25) is 5.02 Å². The van der Waals surface area contributed by atoms with E-state index in [-0.39, 0.29) is 28.6 Å². The minimum absolute atomic E-state index is 0.110. The number of rotatable bonds is 10. The molecule has 7 nitrogen and oxygen atoms in total. The molecule has 0 aliphatic heterocycles. The minimum atomic E-state index is -4.79. The number of nitrogens with zero attached hydrogens (tertiary/aromatic N) is 1. The van der Waals surface area contributed by atoms with Crippen molar-refractivity contribution in [2.45, 2.75) is 17.5 Å². The highest BCUT2D eigenvalue weighted by atomic mass is 35.5. The van der Waals surface area contributed by atoms with E-state index in [0.29, 0.717) is 11.8 Å². The van der Waals surface area contributed by atoms with Crippen molar-refractivity contribution in [2.75, 3.05) is 32.6 Å². The van der Waals surface area contributed by atoms with Crippen LogP contribution < -0.4 is 14.8 Å². The third-order valence-electron chi connectivity index (χ3n) is 5.37. The number of alkyl halides is 3. The van der Waals surface area contributed by atoms with E-state index in [1.54, 1.807) is 30.3 Å². The molecule has 3 aromatic carbocycles. The second kappa shape index (κ2) is 11.8. The number of halogens is 4. The van der Waals surface area contributed by atoms with Gasteiger partial charge in [-0.1, -0.05) is 41.9 Å². The predicted octanol–water partition coefficient (Wildman–Crippen LogP) is 5.25. The Morgan fingerprint density at radius 1 is 0.973 bits per heavy atom. The Balaban J connectivity index is 1.92. The number of hydrogen-bond acceptors (Lipinski definition) is 5. The highest BCUT2D eigenvalue weighted by Gasteiger charge is 2.35. The summed E-state index contributed by atoms with van der Waals surface area (Å²) >= 11 is 5.70. The van der Waals surface area contributed by atoms with Crippen LogP contribution in [-0.2, 0) is 27.4 Å². The Kier molecular flexibility index (Phi) is 9.06. The van der Waals surface area contributed by atoms with E-state index in [1.165, 1.54) is 38.5 Å². The molecule has 0 fully saturated rings. The lowest BCUT2D eigenvalue weighted by molar-refractivity contribution is -0.137. The van der Waals surface area contributed by atoms with Gasteiger partial charge in [0.05, 0.1) is 36.9 Å². The fourth-order valence-electron chi connectivity index (χ4n) is 3.52. The van der Waals surface area contributed by atoms with E-state index in [0.717, 1.165) is 15.9 Å². The lowest BCUT2D eigenvalue weighted by atomic mass is 10.1. The number of hydrogen-bond donors (Lipinski definition) is 1. The molecule has 1 N–H and O–H groups in total. The topological polar surface area (TPSA) is 84.9 Å². The van der Waals surface area contributed by atoms with Gasteiger partial charge in [-0.2, -0.15) is 17.5 Å². The summed E-state index contributed by atoms with van der Waals surface area (Å²) in [6, 6.07) is 15.8. The molecule has 3 aromatic rings. The van der Waals surface area contributed by atoms with Gasteiger partial charge in [-0.3, -0.25) is 4.79 Å². The van der Waals surface area contributed by atoms with Crippen molar-refractivity contribution in [2.24, 2.45) is 0 Å². The van der Waals surface area contributed by atoms with Gasteiger partial charge in [0.2, 0.25) is 15.9 Å². The molecule has 0 aromatic heterocycles. The van der Waals surface area contributed by atoms with Gasteiger partial charge in [-0.15, -0.1) is 0 Å². The van der Waals surface area contributed by atoms with Crippen LogP contribution in [0, 0.1) is 0 Å². The molecule has 0 radical (unpaired) electrons. The van der Waals surface area contributed by atoms with Crippen LogP contribution in [0.1, 0.15) is 11.1 Å². The van der Waals surface area contributed by atoms with Crippen LogP contribution in [0.4, 0.5) is 18.9 Å². The first kappa shape index (κ1) is 28.3. The monoisotopic (exact) mass is 556 g/mol. The maximum atomic E-state index is 13.5. The normalized spacial score (nSPS) is 11.9. The molecule has 3 rings (SSSR count). The van der Waals surface area contributed by atoms with Crippen LogP contribution in [0.25, 0.3) is 0 Å². The number of carbonyl (C=O) groups excluding carboxylic acids is 1. The zero-order valence-electron chi connectivity index (χ0n) is 19.9. The van der Waals surface area contributed by atoms with Crippen molar-refractivity contribution in [3.63, 3.8) is 0 Å². The molecule has 0 heterocycles. The van der Waals surface area contributed by atoms with Crippen molar-refractivity contribution >= 4 is 33.2 Å². The third-order valence-corrected chi connectivity index (χ3v) is 7.44. The van der Waals surface area contributed by atoms with Gasteiger partial charge in [0, 0.05) is 17.6 Å². The Bertz CT molecular complexity index is 1350. The highest BCUT2D eigenvalue weighted by Crippen LogP contribution is 2.36. The average molecular weight is 557 g/mol. The summed E-state index contributed by atoms with van der Waals surface area (Å²) in [5, 5.41) is 2.01. The van der Waals surface area contributed by atoms with Crippen LogP contribution in [0.5, 0.6) is 11.5 Å². The Labute approximate surface area is 217 Å². The van der Waals surface area contributed by atoms with Crippen LogP contribution in [0.15, 0.2) is 71.6 Å². The van der Waals surface area contributed by atoms with Crippen molar-refractivity contribution in [1.82, 2.24) is 4.31 Å². The number of benzene rings is 3. The molecule has 198 valence electrons. The Morgan fingerprint density at radius 2 is 1.65 bits per heavy atom. The molecule has 0 saturated heterocycles. The van der Waals surface area contributed by atoms with E-state index < -0.39 is 39.9 Å². The van der Waals surface area contributed by atoms with Gasteiger partial charge < -0.3 is 14.8 Å². The quantitative estimate of drug-likeness (QED) is 0.369. The summed E-state index contributed by atoms with van der Waals surface area (Å²) in [6.45, 7) is -0.843. The van der Waals surface area contributed by atoms with Gasteiger partial charge >= 0.3 is 6.18 Å². The number of anilines is 1. The number of nitrogens with one attached hydrogen (secondary N) is 1. The van der Waals surface area contributed by atoms with Gasteiger partial charge in [0.25, 0.3) is 0 Å². The van der Waals surface area contributed by atoms with E-state index in [1.807, 2.05) is 0 Å². The van der Waals surface area contributed by atoms with E-state index in [2.05, 4.69) is 5.32 Å². The molecule has 0 atom stereocenters. The average Bonchev–Trinajstić information content (AvgIpc) is 2.87. The van der Waals surface area contributed by atoms with Crippen LogP contribution in [0.3, 0.4) is 0 Å². The molecule has 0 aliphatic rings. The first-order valence-corrected chi connectivity index (χ1v) is 12.7. The summed E-state index contributed by atoms with van der Waals surface area (Å²) in [4.78, 5) is 12.7. The summed E-state index contributed by atoms with van der Waals surface area (Å²) in [5.74, 6) is -0.491. The second-order valence-corrected chi connectivity index (χ2v) is 10.2. The molecule has 0 unspecified atom stereocenters. The zero-order valence-corrected chi connectivity index (χ0v) is 21.5. The fraction of sp³-hybridized carbons (Fsp3) is 0.240. The molecule has 0 saturated carbocycles. The number of methoxy groups -OCH3 is 2. The highest BCUT2D eigenvalue weighted by molar-refractivity contribution is 7.89. The predicted molar refractivity (Wildman–Crippen MR) is 134 cm³/mol. The largest absolute Gasteiger partial charge is 0.493 e. The fourth-order valence-corrected chi connectivity index (χ4v) is 5.10. The molecular formula is C25H24ClF3N2O5S. The van der Waals surface area contributed by atoms with Gasteiger partial charge in [0.15, 0.2) is 11.5 Å².